The molecule has 1 unspecified atom stereocenters. The lowest BCUT2D eigenvalue weighted by molar-refractivity contribution is 0.630. The first kappa shape index (κ1) is 9.31. The van der Waals surface area contributed by atoms with Gasteiger partial charge in [0.15, 0.2) is 0 Å². The Morgan fingerprint density at radius 2 is 2.33 bits per heavy atom. The highest BCUT2D eigenvalue weighted by molar-refractivity contribution is 5.29. The number of allylic oxidation sites excluding steroid dienone is 6. The van der Waals surface area contributed by atoms with Crippen molar-refractivity contribution in [3.63, 3.8) is 0 Å². The van der Waals surface area contributed by atoms with Crippen molar-refractivity contribution in [2.45, 2.75) is 33.1 Å². The third kappa shape index (κ3) is 3.08. The molecule has 0 heterocycles. The summed E-state index contributed by atoms with van der Waals surface area (Å²) in [6.07, 6.45) is 14.8. The molecule has 0 aliphatic heterocycles. The van der Waals surface area contributed by atoms with Gasteiger partial charge in [-0.3, -0.25) is 0 Å². The molecular formula is C12H18. The minimum absolute atomic E-state index is 0.737. The molecule has 12 heavy (non-hydrogen) atoms. The van der Waals surface area contributed by atoms with E-state index in [1.165, 1.54) is 18.4 Å². The topological polar surface area (TPSA) is 0 Å². The molecule has 0 heteroatoms. The Bertz CT molecular complexity index is 206. The molecule has 66 valence electrons. The summed E-state index contributed by atoms with van der Waals surface area (Å²) in [5, 5.41) is 0. The second-order valence-corrected chi connectivity index (χ2v) is 3.50. The maximum atomic E-state index is 2.39. The first-order valence-corrected chi connectivity index (χ1v) is 4.87. The zero-order valence-corrected chi connectivity index (χ0v) is 8.09. The van der Waals surface area contributed by atoms with Gasteiger partial charge in [0, 0.05) is 0 Å². The van der Waals surface area contributed by atoms with E-state index < -0.39 is 0 Å². The van der Waals surface area contributed by atoms with Gasteiger partial charge < -0.3 is 0 Å². The van der Waals surface area contributed by atoms with E-state index >= 15 is 0 Å². The van der Waals surface area contributed by atoms with Crippen LogP contribution in [0.3, 0.4) is 0 Å². The minimum Gasteiger partial charge on any atom is -0.0801 e. The fraction of sp³-hybridized carbons (Fsp3) is 0.500. The molecule has 1 aliphatic rings. The molecule has 1 aliphatic carbocycles. The molecule has 1 rings (SSSR count). The van der Waals surface area contributed by atoms with Crippen molar-refractivity contribution >= 4 is 0 Å². The Morgan fingerprint density at radius 1 is 1.50 bits per heavy atom. The molecule has 0 bridgehead atoms. The Hall–Kier alpha value is -0.780. The summed E-state index contributed by atoms with van der Waals surface area (Å²) in [5.74, 6) is 0.737. The average molecular weight is 162 g/mol. The molecule has 0 spiro atoms. The SMILES string of the molecule is CCCC(C)/C=C1/C=CC=CC1. The summed E-state index contributed by atoms with van der Waals surface area (Å²) in [6.45, 7) is 4.54. The van der Waals surface area contributed by atoms with E-state index in [4.69, 9.17) is 0 Å². The molecule has 0 aromatic heterocycles. The highest BCUT2D eigenvalue weighted by Crippen LogP contribution is 2.15. The van der Waals surface area contributed by atoms with Crippen LogP contribution in [0.4, 0.5) is 0 Å². The molecular weight excluding hydrogens is 144 g/mol. The van der Waals surface area contributed by atoms with Crippen molar-refractivity contribution in [1.82, 2.24) is 0 Å². The van der Waals surface area contributed by atoms with Gasteiger partial charge in [0.05, 0.1) is 0 Å². The quantitative estimate of drug-likeness (QED) is 0.591. The van der Waals surface area contributed by atoms with Gasteiger partial charge in [-0.1, -0.05) is 50.6 Å². The fourth-order valence-corrected chi connectivity index (χ4v) is 1.56. The van der Waals surface area contributed by atoms with Crippen molar-refractivity contribution in [2.24, 2.45) is 5.92 Å². The Labute approximate surface area is 75.7 Å². The van der Waals surface area contributed by atoms with E-state index in [2.05, 4.69) is 44.2 Å². The van der Waals surface area contributed by atoms with E-state index in [0.29, 0.717) is 0 Å². The van der Waals surface area contributed by atoms with Crippen molar-refractivity contribution in [1.29, 1.82) is 0 Å². The van der Waals surface area contributed by atoms with Crippen LogP contribution < -0.4 is 0 Å². The second kappa shape index (κ2) is 4.97. The molecule has 0 nitrogen and oxygen atoms in total. The fourth-order valence-electron chi connectivity index (χ4n) is 1.56. The van der Waals surface area contributed by atoms with Gasteiger partial charge in [-0.05, 0) is 24.3 Å². The van der Waals surface area contributed by atoms with Crippen LogP contribution in [0.2, 0.25) is 0 Å². The van der Waals surface area contributed by atoms with E-state index in [1.54, 1.807) is 0 Å². The third-order valence-electron chi connectivity index (χ3n) is 2.15. The smallest absolute Gasteiger partial charge is 0.00974 e. The van der Waals surface area contributed by atoms with Crippen LogP contribution in [0.25, 0.3) is 0 Å². The first-order chi connectivity index (χ1) is 5.83. The van der Waals surface area contributed by atoms with Gasteiger partial charge in [0.2, 0.25) is 0 Å². The van der Waals surface area contributed by atoms with E-state index in [0.717, 1.165) is 12.3 Å². The van der Waals surface area contributed by atoms with E-state index in [1.807, 2.05) is 0 Å². The maximum absolute atomic E-state index is 2.39. The standard InChI is InChI=1S/C12H18/c1-3-7-11(2)10-12-8-5-4-6-9-12/h4-6,8,10-11H,3,7,9H2,1-2H3/b12-10-. The molecule has 0 aromatic carbocycles. The van der Waals surface area contributed by atoms with Crippen molar-refractivity contribution in [3.8, 4) is 0 Å². The number of hydrogen-bond acceptors (Lipinski definition) is 0. The highest BCUT2D eigenvalue weighted by Gasteiger charge is 1.98. The minimum atomic E-state index is 0.737. The lowest BCUT2D eigenvalue weighted by atomic mass is 9.99. The Morgan fingerprint density at radius 3 is 2.92 bits per heavy atom. The van der Waals surface area contributed by atoms with Crippen LogP contribution in [0, 0.1) is 5.92 Å². The molecule has 0 N–H and O–H groups in total. The van der Waals surface area contributed by atoms with Crippen LogP contribution in [0.15, 0.2) is 36.0 Å². The van der Waals surface area contributed by atoms with Crippen LogP contribution in [0.5, 0.6) is 0 Å². The molecule has 0 amide bonds. The maximum Gasteiger partial charge on any atom is -0.00974 e. The summed E-state index contributed by atoms with van der Waals surface area (Å²) >= 11 is 0. The monoisotopic (exact) mass is 162 g/mol. The summed E-state index contributed by atoms with van der Waals surface area (Å²) < 4.78 is 0. The summed E-state index contributed by atoms with van der Waals surface area (Å²) in [7, 11) is 0. The second-order valence-electron chi connectivity index (χ2n) is 3.50. The number of hydrogen-bond donors (Lipinski definition) is 0. The molecule has 1 atom stereocenters. The molecule has 0 saturated carbocycles. The molecule has 0 fully saturated rings. The first-order valence-electron chi connectivity index (χ1n) is 4.87. The average Bonchev–Trinajstić information content (AvgIpc) is 2.06. The van der Waals surface area contributed by atoms with E-state index in [9.17, 15) is 0 Å². The zero-order chi connectivity index (χ0) is 8.81. The predicted octanol–water partition coefficient (Wildman–Crippen LogP) is 3.87. The van der Waals surface area contributed by atoms with Crippen molar-refractivity contribution < 1.29 is 0 Å². The van der Waals surface area contributed by atoms with Gasteiger partial charge in [0.1, 0.15) is 0 Å². The van der Waals surface area contributed by atoms with Gasteiger partial charge >= 0.3 is 0 Å². The molecule has 0 radical (unpaired) electrons. The van der Waals surface area contributed by atoms with Crippen LogP contribution in [-0.4, -0.2) is 0 Å². The lowest BCUT2D eigenvalue weighted by Gasteiger charge is -2.07. The van der Waals surface area contributed by atoms with Gasteiger partial charge in [-0.2, -0.15) is 0 Å². The van der Waals surface area contributed by atoms with Crippen LogP contribution in [-0.2, 0) is 0 Å². The lowest BCUT2D eigenvalue weighted by Crippen LogP contribution is -1.91. The summed E-state index contributed by atoms with van der Waals surface area (Å²) in [6, 6.07) is 0. The van der Waals surface area contributed by atoms with Crippen LogP contribution >= 0.6 is 0 Å². The Kier molecular flexibility index (Phi) is 3.86. The summed E-state index contributed by atoms with van der Waals surface area (Å²) in [4.78, 5) is 0. The van der Waals surface area contributed by atoms with Gasteiger partial charge in [0.25, 0.3) is 0 Å². The largest absolute Gasteiger partial charge is 0.0801 e. The van der Waals surface area contributed by atoms with Crippen LogP contribution in [0.1, 0.15) is 33.1 Å². The summed E-state index contributed by atoms with van der Waals surface area (Å²) in [5.41, 5.74) is 1.47. The van der Waals surface area contributed by atoms with Gasteiger partial charge in [-0.15, -0.1) is 0 Å². The zero-order valence-electron chi connectivity index (χ0n) is 8.09. The number of rotatable bonds is 3. The Balaban J connectivity index is 2.45. The van der Waals surface area contributed by atoms with Gasteiger partial charge in [-0.25, -0.2) is 0 Å². The van der Waals surface area contributed by atoms with Crippen molar-refractivity contribution in [3.05, 3.63) is 36.0 Å². The predicted molar refractivity (Wildman–Crippen MR) is 55.1 cm³/mol. The normalized spacial score (nSPS) is 21.7. The molecule has 0 saturated heterocycles. The van der Waals surface area contributed by atoms with E-state index in [-0.39, 0.29) is 0 Å². The van der Waals surface area contributed by atoms with Crippen molar-refractivity contribution in [2.75, 3.05) is 0 Å². The molecule has 0 aromatic rings. The third-order valence-corrected chi connectivity index (χ3v) is 2.15. The highest BCUT2D eigenvalue weighted by atomic mass is 14.0.